The van der Waals surface area contributed by atoms with Gasteiger partial charge in [0, 0.05) is 19.7 Å². The summed E-state index contributed by atoms with van der Waals surface area (Å²) in [5.41, 5.74) is 0. The summed E-state index contributed by atoms with van der Waals surface area (Å²) in [5, 5.41) is 8.92. The second-order valence-corrected chi connectivity index (χ2v) is 5.63. The van der Waals surface area contributed by atoms with Crippen LogP contribution in [0.5, 0.6) is 0 Å². The van der Waals surface area contributed by atoms with Crippen LogP contribution in [0.2, 0.25) is 0 Å². The molecule has 1 rings (SSSR count). The molecule has 0 aliphatic carbocycles. The third-order valence-electron chi connectivity index (χ3n) is 2.39. The second kappa shape index (κ2) is 6.51. The molecular weight excluding hydrogens is 234 g/mol. The number of hydrogen-bond acceptors (Lipinski definition) is 5. The van der Waals surface area contributed by atoms with Crippen molar-refractivity contribution in [3.8, 4) is 0 Å². The Hall–Kier alpha value is -0.210. The maximum absolute atomic E-state index is 11.8. The molecule has 1 aliphatic heterocycles. The highest BCUT2D eigenvalue weighted by Gasteiger charge is 2.28. The van der Waals surface area contributed by atoms with Crippen molar-refractivity contribution < 1.29 is 23.0 Å². The fourth-order valence-electron chi connectivity index (χ4n) is 1.49. The van der Waals surface area contributed by atoms with Crippen LogP contribution >= 0.6 is 0 Å². The number of aliphatic hydroxyl groups excluding tert-OH is 1. The van der Waals surface area contributed by atoms with Gasteiger partial charge >= 0.3 is 0 Å². The molecule has 1 atom stereocenters. The Morgan fingerprint density at radius 1 is 1.56 bits per heavy atom. The van der Waals surface area contributed by atoms with Crippen molar-refractivity contribution in [2.24, 2.45) is 0 Å². The molecule has 1 fully saturated rings. The first kappa shape index (κ1) is 13.9. The van der Waals surface area contributed by atoms with Gasteiger partial charge in [-0.05, 0) is 6.92 Å². The fraction of sp³-hybridized carbons (Fsp3) is 1.00. The van der Waals surface area contributed by atoms with E-state index in [4.69, 9.17) is 14.6 Å². The fourth-order valence-corrected chi connectivity index (χ4v) is 2.83. The van der Waals surface area contributed by atoms with Gasteiger partial charge in [-0.2, -0.15) is 4.31 Å². The number of rotatable bonds is 6. The van der Waals surface area contributed by atoms with Crippen LogP contribution in [0.4, 0.5) is 0 Å². The molecule has 16 heavy (non-hydrogen) atoms. The third kappa shape index (κ3) is 3.99. The zero-order chi connectivity index (χ0) is 12.0. The molecule has 6 nitrogen and oxygen atoms in total. The average Bonchev–Trinajstić information content (AvgIpc) is 2.29. The Morgan fingerprint density at radius 3 is 2.94 bits per heavy atom. The first-order chi connectivity index (χ1) is 7.60. The lowest BCUT2D eigenvalue weighted by atomic mass is 10.3. The summed E-state index contributed by atoms with van der Waals surface area (Å²) < 4.78 is 35.2. The van der Waals surface area contributed by atoms with E-state index in [1.54, 1.807) is 0 Å². The van der Waals surface area contributed by atoms with Crippen molar-refractivity contribution in [1.82, 2.24) is 4.31 Å². The zero-order valence-electron chi connectivity index (χ0n) is 9.46. The summed E-state index contributed by atoms with van der Waals surface area (Å²) in [6, 6.07) is 0. The Kier molecular flexibility index (Phi) is 5.63. The molecule has 0 saturated carbocycles. The number of hydrogen-bond donors (Lipinski definition) is 1. The van der Waals surface area contributed by atoms with Crippen LogP contribution in [0, 0.1) is 0 Å². The molecule has 1 aliphatic rings. The van der Waals surface area contributed by atoms with E-state index in [9.17, 15) is 8.42 Å². The summed E-state index contributed by atoms with van der Waals surface area (Å²) in [5.74, 6) is -0.0149. The minimum absolute atomic E-state index is 0.0149. The third-order valence-corrected chi connectivity index (χ3v) is 4.19. The SMILES string of the molecule is CCOCCS(=O)(=O)N1CCOC(CO)C1. The van der Waals surface area contributed by atoms with E-state index in [2.05, 4.69) is 0 Å². The van der Waals surface area contributed by atoms with E-state index in [0.29, 0.717) is 19.8 Å². The topological polar surface area (TPSA) is 76.1 Å². The highest BCUT2D eigenvalue weighted by Crippen LogP contribution is 2.10. The van der Waals surface area contributed by atoms with E-state index < -0.39 is 16.1 Å². The molecule has 96 valence electrons. The predicted molar refractivity (Wildman–Crippen MR) is 58.7 cm³/mol. The zero-order valence-corrected chi connectivity index (χ0v) is 10.3. The van der Waals surface area contributed by atoms with Crippen LogP contribution in [0.1, 0.15) is 6.92 Å². The first-order valence-electron chi connectivity index (χ1n) is 5.38. The quantitative estimate of drug-likeness (QED) is 0.617. The van der Waals surface area contributed by atoms with Gasteiger partial charge in [-0.3, -0.25) is 0 Å². The number of nitrogens with zero attached hydrogens (tertiary/aromatic N) is 1. The van der Waals surface area contributed by atoms with Crippen LogP contribution in [-0.4, -0.2) is 69.2 Å². The standard InChI is InChI=1S/C9H19NO5S/c1-2-14-5-6-16(12,13)10-3-4-15-9(7-10)8-11/h9,11H,2-8H2,1H3. The predicted octanol–water partition coefficient (Wildman–Crippen LogP) is -0.954. The van der Waals surface area contributed by atoms with Crippen LogP contribution in [-0.2, 0) is 19.5 Å². The molecule has 0 bridgehead atoms. The maximum Gasteiger partial charge on any atom is 0.216 e. The van der Waals surface area contributed by atoms with Gasteiger partial charge in [0.15, 0.2) is 0 Å². The number of aliphatic hydroxyl groups is 1. The Balaban J connectivity index is 2.47. The van der Waals surface area contributed by atoms with Gasteiger partial charge < -0.3 is 14.6 Å². The molecule has 0 spiro atoms. The highest BCUT2D eigenvalue weighted by atomic mass is 32.2. The molecule has 0 aromatic heterocycles. The normalized spacial score (nSPS) is 23.5. The van der Waals surface area contributed by atoms with Crippen LogP contribution in [0.3, 0.4) is 0 Å². The lowest BCUT2D eigenvalue weighted by Crippen LogP contribution is -2.47. The Bertz CT molecular complexity index is 292. The van der Waals surface area contributed by atoms with Gasteiger partial charge in [0.1, 0.15) is 0 Å². The van der Waals surface area contributed by atoms with Gasteiger partial charge in [0.25, 0.3) is 0 Å². The van der Waals surface area contributed by atoms with Crippen molar-refractivity contribution in [2.45, 2.75) is 13.0 Å². The summed E-state index contributed by atoms with van der Waals surface area (Å²) in [4.78, 5) is 0. The Labute approximate surface area is 96.2 Å². The van der Waals surface area contributed by atoms with Gasteiger partial charge in [-0.1, -0.05) is 0 Å². The van der Waals surface area contributed by atoms with Gasteiger partial charge in [0.05, 0.1) is 31.7 Å². The minimum Gasteiger partial charge on any atom is -0.394 e. The highest BCUT2D eigenvalue weighted by molar-refractivity contribution is 7.89. The molecule has 0 amide bonds. The van der Waals surface area contributed by atoms with E-state index in [-0.39, 0.29) is 25.5 Å². The molecule has 1 unspecified atom stereocenters. The number of ether oxygens (including phenoxy) is 2. The lowest BCUT2D eigenvalue weighted by Gasteiger charge is -2.31. The van der Waals surface area contributed by atoms with Gasteiger partial charge in [0.2, 0.25) is 10.0 Å². The van der Waals surface area contributed by atoms with Crippen molar-refractivity contribution in [3.05, 3.63) is 0 Å². The minimum atomic E-state index is -3.28. The molecular formula is C9H19NO5S. The largest absolute Gasteiger partial charge is 0.394 e. The summed E-state index contributed by atoms with van der Waals surface area (Å²) >= 11 is 0. The number of sulfonamides is 1. The molecule has 0 aromatic carbocycles. The van der Waals surface area contributed by atoms with E-state index in [1.165, 1.54) is 4.31 Å². The second-order valence-electron chi connectivity index (χ2n) is 3.55. The van der Waals surface area contributed by atoms with Crippen molar-refractivity contribution in [1.29, 1.82) is 0 Å². The van der Waals surface area contributed by atoms with Crippen molar-refractivity contribution >= 4 is 10.0 Å². The molecule has 1 saturated heterocycles. The maximum atomic E-state index is 11.8. The van der Waals surface area contributed by atoms with E-state index in [0.717, 1.165) is 0 Å². The lowest BCUT2D eigenvalue weighted by molar-refractivity contribution is -0.0305. The van der Waals surface area contributed by atoms with Crippen LogP contribution < -0.4 is 0 Å². The Morgan fingerprint density at radius 2 is 2.31 bits per heavy atom. The van der Waals surface area contributed by atoms with Crippen LogP contribution in [0.15, 0.2) is 0 Å². The molecule has 1 heterocycles. The van der Waals surface area contributed by atoms with Crippen LogP contribution in [0.25, 0.3) is 0 Å². The van der Waals surface area contributed by atoms with Crippen molar-refractivity contribution in [2.75, 3.05) is 45.3 Å². The summed E-state index contributed by atoms with van der Waals surface area (Å²) in [6.07, 6.45) is -0.407. The molecule has 1 N–H and O–H groups in total. The first-order valence-corrected chi connectivity index (χ1v) is 6.99. The van der Waals surface area contributed by atoms with Crippen molar-refractivity contribution in [3.63, 3.8) is 0 Å². The monoisotopic (exact) mass is 253 g/mol. The van der Waals surface area contributed by atoms with Gasteiger partial charge in [-0.25, -0.2) is 8.42 Å². The van der Waals surface area contributed by atoms with E-state index >= 15 is 0 Å². The molecule has 0 radical (unpaired) electrons. The summed E-state index contributed by atoms with van der Waals surface area (Å²) in [6.45, 7) is 3.30. The van der Waals surface area contributed by atoms with E-state index in [1.807, 2.05) is 6.92 Å². The number of morpholine rings is 1. The summed E-state index contributed by atoms with van der Waals surface area (Å²) in [7, 11) is -3.28. The van der Waals surface area contributed by atoms with Gasteiger partial charge in [-0.15, -0.1) is 0 Å². The molecule has 0 aromatic rings. The average molecular weight is 253 g/mol. The smallest absolute Gasteiger partial charge is 0.216 e. The molecule has 7 heteroatoms.